The zero-order chi connectivity index (χ0) is 52.5. The number of benzene rings is 9. The first-order chi connectivity index (χ1) is 39.1. The van der Waals surface area contributed by atoms with E-state index in [0.29, 0.717) is 5.41 Å². The molecule has 8 aliphatic carbocycles. The molecule has 0 amide bonds. The zero-order valence-electron chi connectivity index (χ0n) is 46.5. The van der Waals surface area contributed by atoms with Gasteiger partial charge in [0, 0.05) is 44.0 Å². The molecule has 80 heavy (non-hydrogen) atoms. The molecule has 8 saturated carbocycles. The van der Waals surface area contributed by atoms with Crippen molar-refractivity contribution in [1.29, 1.82) is 0 Å². The fourth-order valence-corrected chi connectivity index (χ4v) is 20.2. The Balaban J connectivity index is 0.966. The summed E-state index contributed by atoms with van der Waals surface area (Å²) in [7, 11) is 0. The second-order valence-electron chi connectivity index (χ2n) is 28.5. The molecule has 0 saturated heterocycles. The van der Waals surface area contributed by atoms with Gasteiger partial charge in [0.15, 0.2) is 0 Å². The molecule has 390 valence electrons. The second kappa shape index (κ2) is 15.8. The summed E-state index contributed by atoms with van der Waals surface area (Å²) < 4.78 is 10.0. The molecular weight excluding hydrogens is 968 g/mol. The average Bonchev–Trinajstić information content (AvgIpc) is 2.82. The Morgan fingerprint density at radius 3 is 1.74 bits per heavy atom. The summed E-state index contributed by atoms with van der Waals surface area (Å²) in [4.78, 5) is 2.72. The Hall–Kier alpha value is -7.30. The van der Waals surface area contributed by atoms with Crippen molar-refractivity contribution in [3.63, 3.8) is 0 Å². The summed E-state index contributed by atoms with van der Waals surface area (Å²) in [5, 5.41) is 7.73. The molecule has 10 aliphatic rings. The minimum atomic E-state index is -0.0943. The van der Waals surface area contributed by atoms with Crippen molar-refractivity contribution in [3.8, 4) is 33.4 Å². The number of aromatic nitrogens is 1. The molecule has 21 rings (SSSR count). The van der Waals surface area contributed by atoms with Crippen molar-refractivity contribution in [3.05, 3.63) is 187 Å². The molecule has 0 atom stereocenters. The third-order valence-corrected chi connectivity index (χ3v) is 22.7. The van der Waals surface area contributed by atoms with E-state index in [1.807, 2.05) is 0 Å². The van der Waals surface area contributed by atoms with Gasteiger partial charge in [-0.3, -0.25) is 0 Å². The lowest BCUT2D eigenvalue weighted by atomic mass is 9.44. The van der Waals surface area contributed by atoms with Gasteiger partial charge >= 0.3 is 6.85 Å². The van der Waals surface area contributed by atoms with Gasteiger partial charge in [-0.1, -0.05) is 124 Å². The van der Waals surface area contributed by atoms with E-state index >= 15 is 0 Å². The molecule has 11 aromatic rings. The molecule has 4 heteroatoms. The van der Waals surface area contributed by atoms with Crippen LogP contribution in [0.5, 0.6) is 0 Å². The summed E-state index contributed by atoms with van der Waals surface area (Å²) in [6, 6.07) is 67.0. The zero-order valence-corrected chi connectivity index (χ0v) is 46.5. The number of anilines is 3. The highest BCUT2D eigenvalue weighted by Crippen LogP contribution is 2.64. The number of hydrogen-bond donors (Lipinski definition) is 0. The van der Waals surface area contributed by atoms with Crippen LogP contribution in [0.3, 0.4) is 0 Å². The van der Waals surface area contributed by atoms with Gasteiger partial charge in [-0.15, -0.1) is 0 Å². The number of furan rings is 1. The van der Waals surface area contributed by atoms with Crippen molar-refractivity contribution in [2.75, 3.05) is 4.90 Å². The molecule has 0 radical (unpaired) electrons. The van der Waals surface area contributed by atoms with Crippen LogP contribution in [0.25, 0.3) is 87.9 Å². The van der Waals surface area contributed by atoms with E-state index in [4.69, 9.17) is 4.42 Å². The standard InChI is InChI=1S/C76H67BN2O/c1-74(2,3)55-18-21-65(58(34-55)51-14-8-5-9-15-51)78-67-32-54(50-12-6-4-7-13-50)31-60-62-37-57(76-41-47-27-48(42-76)29-49(28-47)43-76)36-61-59-35-56(75-38-44-24-45(39-75)26-46(25-44)40-75)19-22-66(59)79(72(61)62)77(71(60)67)64-20-23-68-70(73(64)78)63-30-52-16-10-11-17-53(52)33-69(63)80-68/h4-23,30-37,44-49H,24-29,38-43H2,1-3H3. The molecule has 8 bridgehead atoms. The van der Waals surface area contributed by atoms with Gasteiger partial charge in [-0.2, -0.15) is 0 Å². The number of fused-ring (bicyclic) bond motifs is 12. The lowest BCUT2D eigenvalue weighted by Gasteiger charge is -2.57. The van der Waals surface area contributed by atoms with E-state index < -0.39 is 0 Å². The van der Waals surface area contributed by atoms with E-state index in [9.17, 15) is 0 Å². The minimum absolute atomic E-state index is 0.0526. The molecule has 0 N–H and O–H groups in total. The Labute approximate surface area is 470 Å². The van der Waals surface area contributed by atoms with E-state index in [-0.39, 0.29) is 17.7 Å². The van der Waals surface area contributed by atoms with Crippen LogP contribution in [0.2, 0.25) is 0 Å². The second-order valence-corrected chi connectivity index (χ2v) is 28.5. The predicted octanol–water partition coefficient (Wildman–Crippen LogP) is 18.8. The Morgan fingerprint density at radius 2 is 1.07 bits per heavy atom. The van der Waals surface area contributed by atoms with Crippen LogP contribution in [0.4, 0.5) is 17.1 Å². The molecule has 2 aromatic heterocycles. The van der Waals surface area contributed by atoms with Gasteiger partial charge in [0.2, 0.25) is 0 Å². The molecular formula is C76H67BN2O. The van der Waals surface area contributed by atoms with Crippen molar-refractivity contribution in [2.24, 2.45) is 35.5 Å². The summed E-state index contributed by atoms with van der Waals surface area (Å²) in [6.45, 7) is 6.97. The van der Waals surface area contributed by atoms with E-state index in [1.165, 1.54) is 182 Å². The molecule has 0 unspecified atom stereocenters. The SMILES string of the molecule is CC(C)(C)c1ccc(N2c3cc(-c4ccccc4)cc4c3B(c3ccc5oc6cc7ccccc7cc6c5c32)n2c3ccc(C56CC7CC(CC(C7)C5)C6)cc3c3cc(C56CC7CC(CC(C7)C5)C6)cc-4c32)c(-c2ccccc2)c1. The van der Waals surface area contributed by atoms with Crippen LogP contribution >= 0.6 is 0 Å². The maximum Gasteiger partial charge on any atom is 0.333 e. The molecule has 8 fully saturated rings. The first-order valence-corrected chi connectivity index (χ1v) is 30.8. The number of hydrogen-bond acceptors (Lipinski definition) is 2. The van der Waals surface area contributed by atoms with E-state index in [1.54, 1.807) is 11.1 Å². The predicted molar refractivity (Wildman–Crippen MR) is 334 cm³/mol. The van der Waals surface area contributed by atoms with Gasteiger partial charge in [0.1, 0.15) is 11.2 Å². The fraction of sp³-hybridized carbons (Fsp3) is 0.316. The van der Waals surface area contributed by atoms with Gasteiger partial charge < -0.3 is 13.8 Å². The fourth-order valence-electron chi connectivity index (χ4n) is 20.2. The topological polar surface area (TPSA) is 21.3 Å². The van der Waals surface area contributed by atoms with Gasteiger partial charge in [0.05, 0.1) is 16.8 Å². The summed E-state index contributed by atoms with van der Waals surface area (Å²) >= 11 is 0. The largest absolute Gasteiger partial charge is 0.456 e. The lowest BCUT2D eigenvalue weighted by Crippen LogP contribution is -2.56. The number of nitrogens with zero attached hydrogens (tertiary/aromatic N) is 2. The highest BCUT2D eigenvalue weighted by atomic mass is 16.3. The van der Waals surface area contributed by atoms with Crippen molar-refractivity contribution in [2.45, 2.75) is 114 Å². The van der Waals surface area contributed by atoms with Crippen LogP contribution in [-0.4, -0.2) is 11.3 Å². The molecule has 2 aliphatic heterocycles. The normalized spacial score (nSPS) is 26.6. The van der Waals surface area contributed by atoms with Gasteiger partial charge in [0.25, 0.3) is 0 Å². The third kappa shape index (κ3) is 6.24. The Bertz CT molecular complexity index is 4420. The van der Waals surface area contributed by atoms with Crippen LogP contribution < -0.4 is 15.8 Å². The highest BCUT2D eigenvalue weighted by molar-refractivity contribution is 6.90. The van der Waals surface area contributed by atoms with Crippen LogP contribution in [0.15, 0.2) is 174 Å². The molecule has 4 heterocycles. The highest BCUT2D eigenvalue weighted by Gasteiger charge is 2.54. The summed E-state index contributed by atoms with van der Waals surface area (Å²) in [5.74, 6) is 5.26. The quantitative estimate of drug-likeness (QED) is 0.160. The summed E-state index contributed by atoms with van der Waals surface area (Å²) in [5.41, 5.74) is 23.9. The molecule has 9 aromatic carbocycles. The van der Waals surface area contributed by atoms with E-state index in [0.717, 1.165) is 52.1 Å². The van der Waals surface area contributed by atoms with Gasteiger partial charge in [-0.25, -0.2) is 0 Å². The van der Waals surface area contributed by atoms with Crippen molar-refractivity contribution in [1.82, 2.24) is 4.48 Å². The third-order valence-electron chi connectivity index (χ3n) is 22.7. The van der Waals surface area contributed by atoms with Gasteiger partial charge in [-0.05, 0) is 256 Å². The van der Waals surface area contributed by atoms with Crippen LogP contribution in [-0.2, 0) is 16.2 Å². The van der Waals surface area contributed by atoms with E-state index in [2.05, 4.69) is 200 Å². The average molecular weight is 1040 g/mol. The van der Waals surface area contributed by atoms with Crippen molar-refractivity contribution < 1.29 is 4.42 Å². The Morgan fingerprint density at radius 1 is 0.463 bits per heavy atom. The molecule has 0 spiro atoms. The van der Waals surface area contributed by atoms with Crippen molar-refractivity contribution >= 4 is 89.4 Å². The monoisotopic (exact) mass is 1030 g/mol. The smallest absolute Gasteiger partial charge is 0.333 e. The first kappa shape index (κ1) is 45.4. The maximum absolute atomic E-state index is 7.14. The maximum atomic E-state index is 7.14. The lowest BCUT2D eigenvalue weighted by molar-refractivity contribution is -0.00527. The molecule has 3 nitrogen and oxygen atoms in total. The van der Waals surface area contributed by atoms with Crippen LogP contribution in [0.1, 0.15) is 115 Å². The minimum Gasteiger partial charge on any atom is -0.456 e. The number of rotatable bonds is 5. The first-order valence-electron chi connectivity index (χ1n) is 30.8. The van der Waals surface area contributed by atoms with Crippen LogP contribution in [0, 0.1) is 35.5 Å². The summed E-state index contributed by atoms with van der Waals surface area (Å²) in [6.07, 6.45) is 16.9. The Kier molecular flexibility index (Phi) is 8.96.